The summed E-state index contributed by atoms with van der Waals surface area (Å²) in [4.78, 5) is 25.5. The predicted octanol–water partition coefficient (Wildman–Crippen LogP) is 6.63. The maximum absolute atomic E-state index is 12.3. The molecule has 0 aliphatic heterocycles. The molecule has 1 unspecified atom stereocenters. The number of aryl methyl sites for hydroxylation is 1. The van der Waals surface area contributed by atoms with Crippen LogP contribution in [-0.4, -0.2) is 23.5 Å². The molecule has 1 aromatic heterocycles. The van der Waals surface area contributed by atoms with Crippen LogP contribution in [0.2, 0.25) is 0 Å². The highest BCUT2D eigenvalue weighted by Crippen LogP contribution is 2.43. The van der Waals surface area contributed by atoms with Gasteiger partial charge in [0, 0.05) is 27.8 Å². The summed E-state index contributed by atoms with van der Waals surface area (Å²) in [5.74, 6) is -0.00392. The minimum Gasteiger partial charge on any atom is -0.485 e. The lowest BCUT2D eigenvalue weighted by Crippen LogP contribution is -2.26. The third-order valence-electron chi connectivity index (χ3n) is 6.35. The van der Waals surface area contributed by atoms with Crippen molar-refractivity contribution in [3.8, 4) is 16.2 Å². The predicted molar refractivity (Wildman–Crippen MR) is 135 cm³/mol. The highest BCUT2D eigenvalue weighted by molar-refractivity contribution is 7.15. The van der Waals surface area contributed by atoms with Crippen molar-refractivity contribution in [2.24, 2.45) is 5.92 Å². The Kier molecular flexibility index (Phi) is 8.01. The van der Waals surface area contributed by atoms with Gasteiger partial charge in [0.2, 0.25) is 0 Å². The molecule has 0 radical (unpaired) electrons. The number of hydrogen-bond acceptors (Lipinski definition) is 4. The Hall–Kier alpha value is -3.12. The average molecular weight is 478 g/mol. The van der Waals surface area contributed by atoms with E-state index in [-0.39, 0.29) is 25.0 Å². The first-order valence-corrected chi connectivity index (χ1v) is 12.8. The topological polar surface area (TPSA) is 75.6 Å². The first kappa shape index (κ1) is 24.0. The number of aliphatic carboxylic acids is 1. The Balaban J connectivity index is 1.53. The van der Waals surface area contributed by atoms with Gasteiger partial charge < -0.3 is 15.2 Å². The van der Waals surface area contributed by atoms with Crippen LogP contribution in [-0.2, 0) is 4.79 Å². The number of ether oxygens (including phenoxy) is 1. The fraction of sp³-hybridized carbons (Fsp3) is 0.357. The minimum absolute atomic E-state index is 0.0157. The van der Waals surface area contributed by atoms with Gasteiger partial charge in [0.25, 0.3) is 5.91 Å². The minimum atomic E-state index is -0.933. The molecule has 34 heavy (non-hydrogen) atoms. The average Bonchev–Trinajstić information content (AvgIpc) is 3.25. The first-order chi connectivity index (χ1) is 16.5. The van der Waals surface area contributed by atoms with Gasteiger partial charge in [-0.15, -0.1) is 11.3 Å². The lowest BCUT2D eigenvalue weighted by Gasteiger charge is -2.30. The summed E-state index contributed by atoms with van der Waals surface area (Å²) >= 11 is 1.82. The molecule has 178 valence electrons. The zero-order chi connectivity index (χ0) is 23.9. The van der Waals surface area contributed by atoms with Crippen LogP contribution in [0.4, 0.5) is 0 Å². The van der Waals surface area contributed by atoms with Crippen LogP contribution in [0.3, 0.4) is 0 Å². The van der Waals surface area contributed by atoms with Crippen LogP contribution in [0.15, 0.2) is 60.7 Å². The Morgan fingerprint density at radius 1 is 1.06 bits per heavy atom. The summed E-state index contributed by atoms with van der Waals surface area (Å²) in [7, 11) is 0. The number of benzene rings is 2. The highest BCUT2D eigenvalue weighted by atomic mass is 32.1. The number of carboxylic acids is 1. The standard InChI is InChI=1S/C28H31NO4S/c1-19-18-24(20-8-4-2-5-9-20)34-27(19)26(21-10-6-3-7-11-21)33-23-14-12-22(13-15-23)28(32)29-17-16-25(30)31/h2,4-5,8-9,12-15,18,21,26H,3,6-7,10-11,16-17H2,1H3,(H,29,32)(H,30,31). The van der Waals surface area contributed by atoms with Gasteiger partial charge in [-0.2, -0.15) is 0 Å². The van der Waals surface area contributed by atoms with E-state index in [1.165, 1.54) is 40.1 Å². The van der Waals surface area contributed by atoms with Crippen molar-refractivity contribution in [2.45, 2.75) is 51.6 Å². The number of hydrogen-bond donors (Lipinski definition) is 2. The Morgan fingerprint density at radius 2 is 1.76 bits per heavy atom. The van der Waals surface area contributed by atoms with Crippen LogP contribution >= 0.6 is 11.3 Å². The van der Waals surface area contributed by atoms with Crippen LogP contribution < -0.4 is 10.1 Å². The number of amides is 1. The number of carbonyl (C=O) groups excluding carboxylic acids is 1. The Morgan fingerprint density at radius 3 is 2.44 bits per heavy atom. The molecular weight excluding hydrogens is 446 g/mol. The van der Waals surface area contributed by atoms with E-state index in [0.29, 0.717) is 11.5 Å². The maximum atomic E-state index is 12.3. The quantitative estimate of drug-likeness (QED) is 0.363. The van der Waals surface area contributed by atoms with Crippen LogP contribution in [0.1, 0.15) is 65.4 Å². The normalized spacial score (nSPS) is 15.0. The van der Waals surface area contributed by atoms with Crippen molar-refractivity contribution in [3.05, 3.63) is 76.7 Å². The largest absolute Gasteiger partial charge is 0.485 e. The molecule has 0 bridgehead atoms. The molecule has 1 aliphatic rings. The van der Waals surface area contributed by atoms with Gasteiger partial charge in [0.15, 0.2) is 0 Å². The van der Waals surface area contributed by atoms with Crippen molar-refractivity contribution in [2.75, 3.05) is 6.54 Å². The third-order valence-corrected chi connectivity index (χ3v) is 7.70. The molecule has 1 amide bonds. The van der Waals surface area contributed by atoms with E-state index in [4.69, 9.17) is 9.84 Å². The molecule has 4 rings (SSSR count). The fourth-order valence-electron chi connectivity index (χ4n) is 4.54. The van der Waals surface area contributed by atoms with Gasteiger partial charge >= 0.3 is 5.97 Å². The highest BCUT2D eigenvalue weighted by Gasteiger charge is 2.30. The number of carboxylic acid groups (broad SMARTS) is 1. The SMILES string of the molecule is Cc1cc(-c2ccccc2)sc1C(Oc1ccc(C(=O)NCCC(=O)O)cc1)C1CCCCC1. The van der Waals surface area contributed by atoms with Crippen molar-refractivity contribution >= 4 is 23.2 Å². The zero-order valence-electron chi connectivity index (χ0n) is 19.5. The van der Waals surface area contributed by atoms with Gasteiger partial charge in [-0.1, -0.05) is 49.6 Å². The Labute approximate surface area is 204 Å². The van der Waals surface area contributed by atoms with Crippen molar-refractivity contribution < 1.29 is 19.4 Å². The Bertz CT molecular complexity index is 1100. The molecule has 2 N–H and O–H groups in total. The van der Waals surface area contributed by atoms with Gasteiger partial charge in [0.05, 0.1) is 6.42 Å². The molecule has 1 heterocycles. The third kappa shape index (κ3) is 6.06. The first-order valence-electron chi connectivity index (χ1n) is 11.9. The van der Waals surface area contributed by atoms with Gasteiger partial charge in [-0.3, -0.25) is 9.59 Å². The molecule has 0 spiro atoms. The molecule has 1 fully saturated rings. The van der Waals surface area contributed by atoms with E-state index >= 15 is 0 Å². The van der Waals surface area contributed by atoms with Gasteiger partial charge in [-0.05, 0) is 61.2 Å². The zero-order valence-corrected chi connectivity index (χ0v) is 20.3. The molecule has 0 saturated heterocycles. The van der Waals surface area contributed by atoms with Gasteiger partial charge in [-0.25, -0.2) is 0 Å². The number of carbonyl (C=O) groups is 2. The van der Waals surface area contributed by atoms with Crippen LogP contribution in [0.25, 0.3) is 10.4 Å². The smallest absolute Gasteiger partial charge is 0.305 e. The van der Waals surface area contributed by atoms with E-state index in [1.54, 1.807) is 12.1 Å². The van der Waals surface area contributed by atoms with E-state index < -0.39 is 5.97 Å². The molecule has 1 atom stereocenters. The van der Waals surface area contributed by atoms with Crippen LogP contribution in [0.5, 0.6) is 5.75 Å². The summed E-state index contributed by atoms with van der Waals surface area (Å²) in [5, 5.41) is 11.4. The second kappa shape index (κ2) is 11.3. The molecule has 5 nitrogen and oxygen atoms in total. The molecule has 1 saturated carbocycles. The van der Waals surface area contributed by atoms with Crippen molar-refractivity contribution in [3.63, 3.8) is 0 Å². The number of rotatable bonds is 9. The summed E-state index contributed by atoms with van der Waals surface area (Å²) in [6.45, 7) is 2.28. The van der Waals surface area contributed by atoms with Crippen LogP contribution in [0, 0.1) is 12.8 Å². The molecule has 2 aromatic carbocycles. The van der Waals surface area contributed by atoms with Crippen molar-refractivity contribution in [1.29, 1.82) is 0 Å². The molecule has 1 aliphatic carbocycles. The van der Waals surface area contributed by atoms with Gasteiger partial charge in [0.1, 0.15) is 11.9 Å². The summed E-state index contributed by atoms with van der Waals surface area (Å²) in [6.07, 6.45) is 5.96. The van der Waals surface area contributed by atoms with Crippen molar-refractivity contribution in [1.82, 2.24) is 5.32 Å². The summed E-state index contributed by atoms with van der Waals surface area (Å²) in [5.41, 5.74) is 2.97. The fourth-order valence-corrected chi connectivity index (χ4v) is 5.84. The molecule has 6 heteroatoms. The second-order valence-corrected chi connectivity index (χ2v) is 9.97. The summed E-state index contributed by atoms with van der Waals surface area (Å²) in [6, 6.07) is 19.9. The monoisotopic (exact) mass is 477 g/mol. The molecule has 3 aromatic rings. The van der Waals surface area contributed by atoms with E-state index in [2.05, 4.69) is 42.6 Å². The summed E-state index contributed by atoms with van der Waals surface area (Å²) < 4.78 is 6.62. The lowest BCUT2D eigenvalue weighted by molar-refractivity contribution is -0.136. The lowest BCUT2D eigenvalue weighted by atomic mass is 9.84. The molecular formula is C28H31NO4S. The van der Waals surface area contributed by atoms with E-state index in [9.17, 15) is 9.59 Å². The number of nitrogens with one attached hydrogen (secondary N) is 1. The second-order valence-electron chi connectivity index (χ2n) is 8.88. The number of thiophene rings is 1. The van der Waals surface area contributed by atoms with E-state index in [0.717, 1.165) is 18.6 Å². The van der Waals surface area contributed by atoms with E-state index in [1.807, 2.05) is 29.5 Å². The maximum Gasteiger partial charge on any atom is 0.305 e.